The summed E-state index contributed by atoms with van der Waals surface area (Å²) < 4.78 is 0. The van der Waals surface area contributed by atoms with Crippen molar-refractivity contribution in [3.63, 3.8) is 0 Å². The van der Waals surface area contributed by atoms with E-state index in [0.717, 1.165) is 12.8 Å². The lowest BCUT2D eigenvalue weighted by Gasteiger charge is -2.21. The van der Waals surface area contributed by atoms with Crippen molar-refractivity contribution in [3.8, 4) is 0 Å². The number of nitrogens with zero attached hydrogens (tertiary/aromatic N) is 1. The van der Waals surface area contributed by atoms with Gasteiger partial charge in [0.15, 0.2) is 0 Å². The molecule has 0 aromatic heterocycles. The number of carboxylic acids is 1. The normalized spacial score (nSPS) is 31.4. The van der Waals surface area contributed by atoms with Crippen LogP contribution in [0, 0.1) is 5.92 Å². The zero-order valence-electron chi connectivity index (χ0n) is 9.76. The van der Waals surface area contributed by atoms with Crippen molar-refractivity contribution in [2.75, 3.05) is 13.1 Å². The molecule has 5 nitrogen and oxygen atoms in total. The fourth-order valence-electron chi connectivity index (χ4n) is 3.02. The lowest BCUT2D eigenvalue weighted by Crippen LogP contribution is -2.41. The average Bonchev–Trinajstić information content (AvgIpc) is 2.83. The van der Waals surface area contributed by atoms with Crippen LogP contribution in [0.25, 0.3) is 0 Å². The Labute approximate surface area is 100 Å². The SMILES string of the molecule is C=CCNC(=O)CN1C2CCC1C(C(=O)O)C2. The van der Waals surface area contributed by atoms with E-state index in [-0.39, 0.29) is 23.9 Å². The zero-order chi connectivity index (χ0) is 12.4. The van der Waals surface area contributed by atoms with E-state index in [1.54, 1.807) is 6.08 Å². The van der Waals surface area contributed by atoms with Gasteiger partial charge in [-0.1, -0.05) is 6.08 Å². The molecule has 2 heterocycles. The lowest BCUT2D eigenvalue weighted by molar-refractivity contribution is -0.143. The van der Waals surface area contributed by atoms with Crippen LogP contribution in [0.15, 0.2) is 12.7 Å². The van der Waals surface area contributed by atoms with Crippen LogP contribution in [-0.2, 0) is 9.59 Å². The number of carbonyl (C=O) groups is 2. The molecule has 5 heteroatoms. The second kappa shape index (κ2) is 4.87. The van der Waals surface area contributed by atoms with Crippen molar-refractivity contribution in [1.29, 1.82) is 0 Å². The van der Waals surface area contributed by atoms with Gasteiger partial charge in [-0.25, -0.2) is 0 Å². The fraction of sp³-hybridized carbons (Fsp3) is 0.667. The summed E-state index contributed by atoms with van der Waals surface area (Å²) in [5, 5.41) is 11.8. The summed E-state index contributed by atoms with van der Waals surface area (Å²) >= 11 is 0. The summed E-state index contributed by atoms with van der Waals surface area (Å²) in [5.41, 5.74) is 0. The van der Waals surface area contributed by atoms with Gasteiger partial charge in [-0.05, 0) is 19.3 Å². The molecule has 2 rings (SSSR count). The maximum atomic E-state index is 11.6. The molecule has 2 aliphatic heterocycles. The average molecular weight is 238 g/mol. The number of hydrogen-bond acceptors (Lipinski definition) is 3. The molecule has 94 valence electrons. The third-order valence-corrected chi connectivity index (χ3v) is 3.77. The molecule has 0 radical (unpaired) electrons. The second-order valence-electron chi connectivity index (χ2n) is 4.74. The molecule has 0 spiro atoms. The molecular formula is C12H18N2O3. The fourth-order valence-corrected chi connectivity index (χ4v) is 3.02. The summed E-state index contributed by atoms with van der Waals surface area (Å²) in [6.07, 6.45) is 4.24. The molecule has 2 N–H and O–H groups in total. The highest BCUT2D eigenvalue weighted by atomic mass is 16.4. The summed E-state index contributed by atoms with van der Waals surface area (Å²) in [7, 11) is 0. The first-order valence-electron chi connectivity index (χ1n) is 5.99. The predicted molar refractivity (Wildman–Crippen MR) is 62.5 cm³/mol. The van der Waals surface area contributed by atoms with Crippen LogP contribution in [-0.4, -0.2) is 47.1 Å². The molecule has 0 aromatic rings. The van der Waals surface area contributed by atoms with Gasteiger partial charge in [-0.15, -0.1) is 6.58 Å². The van der Waals surface area contributed by atoms with E-state index in [1.165, 1.54) is 0 Å². The van der Waals surface area contributed by atoms with E-state index in [4.69, 9.17) is 5.11 Å². The van der Waals surface area contributed by atoms with Crippen LogP contribution in [0.4, 0.5) is 0 Å². The van der Waals surface area contributed by atoms with E-state index in [2.05, 4.69) is 16.8 Å². The molecule has 3 unspecified atom stereocenters. The highest BCUT2D eigenvalue weighted by molar-refractivity contribution is 5.79. The molecule has 2 fully saturated rings. The largest absolute Gasteiger partial charge is 0.481 e. The Morgan fingerprint density at radius 3 is 2.82 bits per heavy atom. The Morgan fingerprint density at radius 1 is 1.47 bits per heavy atom. The Balaban J connectivity index is 1.92. The predicted octanol–water partition coefficient (Wildman–Crippen LogP) is 0.226. The summed E-state index contributed by atoms with van der Waals surface area (Å²) in [4.78, 5) is 24.7. The van der Waals surface area contributed by atoms with Gasteiger partial charge in [0.05, 0.1) is 12.5 Å². The maximum absolute atomic E-state index is 11.6. The van der Waals surface area contributed by atoms with Gasteiger partial charge >= 0.3 is 5.97 Å². The second-order valence-corrected chi connectivity index (χ2v) is 4.74. The third kappa shape index (κ3) is 2.34. The summed E-state index contributed by atoms with van der Waals surface area (Å²) in [6.45, 7) is 4.31. The van der Waals surface area contributed by atoms with Gasteiger partial charge in [0.1, 0.15) is 0 Å². The molecule has 0 saturated carbocycles. The van der Waals surface area contributed by atoms with Crippen LogP contribution >= 0.6 is 0 Å². The number of aliphatic carboxylic acids is 1. The van der Waals surface area contributed by atoms with Crippen LogP contribution in [0.5, 0.6) is 0 Å². The van der Waals surface area contributed by atoms with Crippen molar-refractivity contribution in [1.82, 2.24) is 10.2 Å². The van der Waals surface area contributed by atoms with Crippen molar-refractivity contribution >= 4 is 11.9 Å². The molecule has 17 heavy (non-hydrogen) atoms. The number of hydrogen-bond donors (Lipinski definition) is 2. The smallest absolute Gasteiger partial charge is 0.308 e. The lowest BCUT2D eigenvalue weighted by atomic mass is 9.89. The van der Waals surface area contributed by atoms with Gasteiger partial charge in [0.2, 0.25) is 5.91 Å². The van der Waals surface area contributed by atoms with E-state index < -0.39 is 5.97 Å². The van der Waals surface area contributed by atoms with Gasteiger partial charge in [-0.2, -0.15) is 0 Å². The third-order valence-electron chi connectivity index (χ3n) is 3.77. The standard InChI is InChI=1S/C12H18N2O3/c1-2-5-13-11(15)7-14-8-3-4-10(14)9(6-8)12(16)17/h2,8-10H,1,3-7H2,(H,13,15)(H,16,17). The van der Waals surface area contributed by atoms with Gasteiger partial charge in [-0.3, -0.25) is 14.5 Å². The van der Waals surface area contributed by atoms with Crippen molar-refractivity contribution < 1.29 is 14.7 Å². The maximum Gasteiger partial charge on any atom is 0.308 e. The van der Waals surface area contributed by atoms with Crippen molar-refractivity contribution in [2.24, 2.45) is 5.92 Å². The highest BCUT2D eigenvalue weighted by Crippen LogP contribution is 2.41. The van der Waals surface area contributed by atoms with E-state index in [1.807, 2.05) is 0 Å². The molecule has 2 aliphatic rings. The molecule has 2 saturated heterocycles. The zero-order valence-corrected chi connectivity index (χ0v) is 9.76. The minimum atomic E-state index is -0.728. The number of rotatable bonds is 5. The Morgan fingerprint density at radius 2 is 2.24 bits per heavy atom. The first kappa shape index (κ1) is 12.1. The topological polar surface area (TPSA) is 69.6 Å². The Hall–Kier alpha value is -1.36. The van der Waals surface area contributed by atoms with E-state index in [9.17, 15) is 9.59 Å². The number of carboxylic acid groups (broad SMARTS) is 1. The minimum absolute atomic E-state index is 0.0481. The van der Waals surface area contributed by atoms with Gasteiger partial charge in [0.25, 0.3) is 0 Å². The summed E-state index contributed by atoms with van der Waals surface area (Å²) in [6, 6.07) is 0.322. The van der Waals surface area contributed by atoms with Crippen LogP contribution in [0.2, 0.25) is 0 Å². The van der Waals surface area contributed by atoms with E-state index in [0.29, 0.717) is 19.5 Å². The van der Waals surface area contributed by atoms with Gasteiger partial charge < -0.3 is 10.4 Å². The number of nitrogens with one attached hydrogen (secondary N) is 1. The molecule has 1 amide bonds. The number of amides is 1. The Kier molecular flexibility index (Phi) is 3.47. The first-order chi connectivity index (χ1) is 8.13. The monoisotopic (exact) mass is 238 g/mol. The summed E-state index contributed by atoms with van der Waals surface area (Å²) in [5.74, 6) is -1.07. The number of fused-ring (bicyclic) bond motifs is 2. The van der Waals surface area contributed by atoms with E-state index >= 15 is 0 Å². The quantitative estimate of drug-likeness (QED) is 0.673. The van der Waals surface area contributed by atoms with Gasteiger partial charge in [0, 0.05) is 18.6 Å². The highest BCUT2D eigenvalue weighted by Gasteiger charge is 2.49. The van der Waals surface area contributed by atoms with Crippen molar-refractivity contribution in [2.45, 2.75) is 31.3 Å². The number of carbonyl (C=O) groups excluding carboxylic acids is 1. The van der Waals surface area contributed by atoms with Crippen LogP contribution in [0.1, 0.15) is 19.3 Å². The first-order valence-corrected chi connectivity index (χ1v) is 5.99. The van der Waals surface area contributed by atoms with Crippen LogP contribution in [0.3, 0.4) is 0 Å². The molecule has 0 aliphatic carbocycles. The van der Waals surface area contributed by atoms with Crippen molar-refractivity contribution in [3.05, 3.63) is 12.7 Å². The minimum Gasteiger partial charge on any atom is -0.481 e. The Bertz CT molecular complexity index is 343. The molecule has 3 atom stereocenters. The molecular weight excluding hydrogens is 220 g/mol. The molecule has 2 bridgehead atoms. The molecule has 0 aromatic carbocycles. The van der Waals surface area contributed by atoms with Crippen LogP contribution < -0.4 is 5.32 Å².